The third-order valence-corrected chi connectivity index (χ3v) is 4.71. The molecule has 5 rings (SSSR count). The Morgan fingerprint density at radius 3 is 2.69 bits per heavy atom. The fourth-order valence-electron chi connectivity index (χ4n) is 2.74. The van der Waals surface area contributed by atoms with Gasteiger partial charge in [-0.1, -0.05) is 23.2 Å². The summed E-state index contributed by atoms with van der Waals surface area (Å²) < 4.78 is 3.32. The van der Waals surface area contributed by atoms with Crippen molar-refractivity contribution in [3.63, 3.8) is 0 Å². The maximum atomic E-state index is 6.12. The van der Waals surface area contributed by atoms with E-state index in [1.807, 2.05) is 18.2 Å². The van der Waals surface area contributed by atoms with Crippen LogP contribution >= 0.6 is 23.2 Å². The molecule has 0 amide bonds. The average molecular weight is 382 g/mol. The Hall–Kier alpha value is -3.03. The van der Waals surface area contributed by atoms with Gasteiger partial charge in [0, 0.05) is 18.0 Å². The van der Waals surface area contributed by atoms with Crippen LogP contribution in [0.2, 0.25) is 10.0 Å². The SMILES string of the molecule is Clc1ccc(-n2ncc3c2ncn2nc(-c4cccnc4)nc32)cc1Cl. The highest BCUT2D eigenvalue weighted by Crippen LogP contribution is 2.27. The van der Waals surface area contributed by atoms with Gasteiger partial charge in [-0.3, -0.25) is 4.98 Å². The molecule has 0 unspecified atom stereocenters. The minimum Gasteiger partial charge on any atom is -0.264 e. The van der Waals surface area contributed by atoms with Crippen LogP contribution < -0.4 is 0 Å². The van der Waals surface area contributed by atoms with Crippen LogP contribution in [0.5, 0.6) is 0 Å². The van der Waals surface area contributed by atoms with Crippen LogP contribution in [-0.4, -0.2) is 34.3 Å². The zero-order valence-electron chi connectivity index (χ0n) is 13.1. The van der Waals surface area contributed by atoms with Gasteiger partial charge in [-0.15, -0.1) is 5.10 Å². The molecule has 0 radical (unpaired) electrons. The Morgan fingerprint density at radius 1 is 0.962 bits per heavy atom. The van der Waals surface area contributed by atoms with E-state index in [2.05, 4.69) is 25.1 Å². The van der Waals surface area contributed by atoms with E-state index in [0.29, 0.717) is 27.2 Å². The lowest BCUT2D eigenvalue weighted by Gasteiger charge is -2.04. The van der Waals surface area contributed by atoms with Crippen LogP contribution in [0.1, 0.15) is 0 Å². The van der Waals surface area contributed by atoms with Crippen LogP contribution in [-0.2, 0) is 0 Å². The largest absolute Gasteiger partial charge is 0.264 e. The third kappa shape index (κ3) is 2.33. The van der Waals surface area contributed by atoms with Gasteiger partial charge >= 0.3 is 0 Å². The minimum absolute atomic E-state index is 0.454. The second kappa shape index (κ2) is 5.76. The van der Waals surface area contributed by atoms with Crippen molar-refractivity contribution in [2.24, 2.45) is 0 Å². The van der Waals surface area contributed by atoms with Crippen molar-refractivity contribution in [1.29, 1.82) is 0 Å². The van der Waals surface area contributed by atoms with Gasteiger partial charge in [0.2, 0.25) is 0 Å². The summed E-state index contributed by atoms with van der Waals surface area (Å²) in [5.74, 6) is 0.578. The van der Waals surface area contributed by atoms with Gasteiger partial charge < -0.3 is 0 Å². The van der Waals surface area contributed by atoms with Gasteiger partial charge in [0.25, 0.3) is 0 Å². The topological polar surface area (TPSA) is 73.8 Å². The lowest BCUT2D eigenvalue weighted by molar-refractivity contribution is 0.882. The van der Waals surface area contributed by atoms with Crippen LogP contribution in [0, 0.1) is 0 Å². The molecule has 9 heteroatoms. The molecule has 0 aliphatic rings. The molecule has 0 aliphatic carbocycles. The summed E-state index contributed by atoms with van der Waals surface area (Å²) in [7, 11) is 0. The summed E-state index contributed by atoms with van der Waals surface area (Å²) in [6.07, 6.45) is 6.75. The molecule has 26 heavy (non-hydrogen) atoms. The molecule has 0 N–H and O–H groups in total. The average Bonchev–Trinajstić information content (AvgIpc) is 3.28. The van der Waals surface area contributed by atoms with Crippen LogP contribution in [0.15, 0.2) is 55.2 Å². The first-order chi connectivity index (χ1) is 12.7. The number of aromatic nitrogens is 7. The number of halogens is 2. The lowest BCUT2D eigenvalue weighted by atomic mass is 10.3. The molecule has 0 aliphatic heterocycles. The monoisotopic (exact) mass is 381 g/mol. The first-order valence-corrected chi connectivity index (χ1v) is 8.41. The third-order valence-electron chi connectivity index (χ3n) is 3.97. The fourth-order valence-corrected chi connectivity index (χ4v) is 3.04. The zero-order chi connectivity index (χ0) is 17.7. The van der Waals surface area contributed by atoms with Crippen LogP contribution in [0.3, 0.4) is 0 Å². The molecule has 0 bridgehead atoms. The van der Waals surface area contributed by atoms with E-state index in [9.17, 15) is 0 Å². The maximum absolute atomic E-state index is 6.12. The van der Waals surface area contributed by atoms with Crippen molar-refractivity contribution < 1.29 is 0 Å². The van der Waals surface area contributed by atoms with Gasteiger partial charge in [0.05, 0.1) is 27.3 Å². The van der Waals surface area contributed by atoms with Crippen molar-refractivity contribution in [2.75, 3.05) is 0 Å². The maximum Gasteiger partial charge on any atom is 0.183 e. The minimum atomic E-state index is 0.454. The van der Waals surface area contributed by atoms with Crippen molar-refractivity contribution in [3.05, 3.63) is 65.3 Å². The number of nitrogens with zero attached hydrogens (tertiary/aromatic N) is 7. The molecule has 4 heterocycles. The molecule has 126 valence electrons. The van der Waals surface area contributed by atoms with E-state index in [1.54, 1.807) is 46.2 Å². The fraction of sp³-hybridized carbons (Fsp3) is 0. The molecular formula is C17H9Cl2N7. The smallest absolute Gasteiger partial charge is 0.183 e. The van der Waals surface area contributed by atoms with Gasteiger partial charge in [-0.05, 0) is 30.3 Å². The van der Waals surface area contributed by atoms with Crippen LogP contribution in [0.25, 0.3) is 33.8 Å². The highest BCUT2D eigenvalue weighted by atomic mass is 35.5. The number of benzene rings is 1. The predicted molar refractivity (Wildman–Crippen MR) is 98.7 cm³/mol. The van der Waals surface area contributed by atoms with E-state index in [-0.39, 0.29) is 0 Å². The highest BCUT2D eigenvalue weighted by molar-refractivity contribution is 6.42. The quantitative estimate of drug-likeness (QED) is 0.464. The predicted octanol–water partition coefficient (Wildman–Crippen LogP) is 3.83. The van der Waals surface area contributed by atoms with Crippen LogP contribution in [0.4, 0.5) is 0 Å². The second-order valence-electron chi connectivity index (χ2n) is 5.58. The highest BCUT2D eigenvalue weighted by Gasteiger charge is 2.15. The first kappa shape index (κ1) is 15.2. The van der Waals surface area contributed by atoms with E-state index < -0.39 is 0 Å². The molecular weight excluding hydrogens is 373 g/mol. The summed E-state index contributed by atoms with van der Waals surface area (Å²) in [6, 6.07) is 9.05. The van der Waals surface area contributed by atoms with Gasteiger partial charge in [-0.2, -0.15) is 5.10 Å². The molecule has 4 aromatic heterocycles. The van der Waals surface area contributed by atoms with Crippen molar-refractivity contribution >= 4 is 39.9 Å². The lowest BCUT2D eigenvalue weighted by Crippen LogP contribution is -1.99. The molecule has 0 spiro atoms. The number of pyridine rings is 1. The van der Waals surface area contributed by atoms with E-state index in [4.69, 9.17) is 23.2 Å². The van der Waals surface area contributed by atoms with E-state index >= 15 is 0 Å². The molecule has 5 aromatic rings. The second-order valence-corrected chi connectivity index (χ2v) is 6.40. The molecule has 1 aromatic carbocycles. The molecule has 0 fully saturated rings. The molecule has 0 saturated heterocycles. The zero-order valence-corrected chi connectivity index (χ0v) is 14.6. The number of fused-ring (bicyclic) bond motifs is 3. The van der Waals surface area contributed by atoms with Crippen molar-refractivity contribution in [1.82, 2.24) is 34.3 Å². The standard InChI is InChI=1S/C17H9Cl2N7/c18-13-4-3-11(6-14(13)19)26-16-12(8-22-26)17-23-15(24-25(17)9-21-16)10-2-1-5-20-7-10/h1-9H. The number of rotatable bonds is 2. The van der Waals surface area contributed by atoms with Gasteiger partial charge in [0.15, 0.2) is 17.1 Å². The summed E-state index contributed by atoms with van der Waals surface area (Å²) in [4.78, 5) is 13.2. The Morgan fingerprint density at radius 2 is 1.88 bits per heavy atom. The van der Waals surface area contributed by atoms with E-state index in [0.717, 1.165) is 16.6 Å². The molecule has 7 nitrogen and oxygen atoms in total. The van der Waals surface area contributed by atoms with Crippen molar-refractivity contribution in [3.8, 4) is 17.1 Å². The Labute approximate surface area is 156 Å². The normalized spacial score (nSPS) is 11.5. The summed E-state index contributed by atoms with van der Waals surface area (Å²) in [5.41, 5.74) is 2.92. The summed E-state index contributed by atoms with van der Waals surface area (Å²) >= 11 is 12.1. The first-order valence-electron chi connectivity index (χ1n) is 7.65. The number of hydrogen-bond donors (Lipinski definition) is 0. The molecule has 0 atom stereocenters. The Balaban J connectivity index is 1.71. The summed E-state index contributed by atoms with van der Waals surface area (Å²) in [6.45, 7) is 0. The Kier molecular flexibility index (Phi) is 3.37. The summed E-state index contributed by atoms with van der Waals surface area (Å²) in [5, 5.41) is 10.6. The number of hydrogen-bond acceptors (Lipinski definition) is 5. The van der Waals surface area contributed by atoms with Gasteiger partial charge in [0.1, 0.15) is 6.33 Å². The Bertz CT molecular complexity index is 1260. The van der Waals surface area contributed by atoms with Crippen molar-refractivity contribution in [2.45, 2.75) is 0 Å². The van der Waals surface area contributed by atoms with Gasteiger partial charge in [-0.25, -0.2) is 19.2 Å². The van der Waals surface area contributed by atoms with E-state index in [1.165, 1.54) is 0 Å². The molecule has 0 saturated carbocycles.